The van der Waals surface area contributed by atoms with Gasteiger partial charge < -0.3 is 0 Å². The molecule has 0 heterocycles. The zero-order valence-corrected chi connectivity index (χ0v) is 21.2. The van der Waals surface area contributed by atoms with Crippen LogP contribution in [0.5, 0.6) is 0 Å². The Bertz CT molecular complexity index is 910. The highest BCUT2D eigenvalue weighted by atomic mass is 16.3. The Hall–Kier alpha value is -3.36. The van der Waals surface area contributed by atoms with E-state index in [9.17, 15) is 14.7 Å². The summed E-state index contributed by atoms with van der Waals surface area (Å²) in [5, 5.41) is 14.2. The maximum Gasteiger partial charge on any atom is 0.0735 e. The minimum absolute atomic E-state index is 0.239. The summed E-state index contributed by atoms with van der Waals surface area (Å²) in [7, 11) is 1.62. The van der Waals surface area contributed by atoms with Crippen LogP contribution in [0.15, 0.2) is 76.5 Å². The molecule has 0 unspecified atom stereocenters. The molecular formula is C27H38N6O3. The van der Waals surface area contributed by atoms with Gasteiger partial charge in [0, 0.05) is 13.6 Å². The van der Waals surface area contributed by atoms with Gasteiger partial charge in [-0.3, -0.25) is 15.0 Å². The Morgan fingerprint density at radius 1 is 0.750 bits per heavy atom. The van der Waals surface area contributed by atoms with Crippen molar-refractivity contribution in [1.82, 2.24) is 15.0 Å². The smallest absolute Gasteiger partial charge is 0.0735 e. The summed E-state index contributed by atoms with van der Waals surface area (Å²) >= 11 is 0. The fourth-order valence-electron chi connectivity index (χ4n) is 5.23. The standard InChI is InChI=1S/C27H38N6O3/c1-31(28-34)21-26(19-24-13-7-3-8-14-24)33(30-36)22-27(20-25-15-9-4-10-16-25)32(29-35)18-17-23-11-5-2-6-12-23/h2,4-6,9-12,15-16,24,26-27H,3,7-8,13-14,17-22H2,1H3/t26-,27-/m0/s1. The van der Waals surface area contributed by atoms with Crippen LogP contribution in [0.25, 0.3) is 0 Å². The van der Waals surface area contributed by atoms with Gasteiger partial charge in [0.25, 0.3) is 0 Å². The Morgan fingerprint density at radius 3 is 1.94 bits per heavy atom. The first kappa shape index (κ1) is 27.2. The molecule has 0 spiro atoms. The molecule has 0 radical (unpaired) electrons. The van der Waals surface area contributed by atoms with Gasteiger partial charge in [-0.05, 0) is 36.3 Å². The van der Waals surface area contributed by atoms with Gasteiger partial charge in [-0.2, -0.15) is 0 Å². The van der Waals surface area contributed by atoms with E-state index in [1.165, 1.54) is 34.3 Å². The van der Waals surface area contributed by atoms with Crippen molar-refractivity contribution >= 4 is 0 Å². The zero-order chi connectivity index (χ0) is 25.6. The average Bonchev–Trinajstić information content (AvgIpc) is 2.93. The lowest BCUT2D eigenvalue weighted by atomic mass is 9.84. The van der Waals surface area contributed by atoms with Gasteiger partial charge in [-0.25, -0.2) is 0 Å². The molecule has 1 aliphatic rings. The van der Waals surface area contributed by atoms with Crippen LogP contribution < -0.4 is 0 Å². The van der Waals surface area contributed by atoms with Crippen LogP contribution in [-0.4, -0.2) is 53.8 Å². The third-order valence-corrected chi connectivity index (χ3v) is 7.18. The summed E-state index contributed by atoms with van der Waals surface area (Å²) in [5.74, 6) is 0.485. The van der Waals surface area contributed by atoms with E-state index in [4.69, 9.17) is 0 Å². The lowest BCUT2D eigenvalue weighted by Crippen LogP contribution is -2.48. The molecule has 2 atom stereocenters. The first-order valence-electron chi connectivity index (χ1n) is 12.9. The summed E-state index contributed by atoms with van der Waals surface area (Å²) in [6.07, 6.45) is 7.83. The number of rotatable bonds is 16. The lowest BCUT2D eigenvalue weighted by molar-refractivity contribution is 0.0790. The van der Waals surface area contributed by atoms with Gasteiger partial charge in [-0.15, -0.1) is 14.7 Å². The molecule has 0 amide bonds. The van der Waals surface area contributed by atoms with Crippen LogP contribution in [0.3, 0.4) is 0 Å². The van der Waals surface area contributed by atoms with Crippen molar-refractivity contribution in [2.75, 3.05) is 26.7 Å². The third kappa shape index (κ3) is 8.70. The van der Waals surface area contributed by atoms with Crippen LogP contribution in [-0.2, 0) is 12.8 Å². The van der Waals surface area contributed by atoms with Crippen molar-refractivity contribution < 1.29 is 0 Å². The molecule has 0 bridgehead atoms. The van der Waals surface area contributed by atoms with Crippen LogP contribution >= 0.6 is 0 Å². The van der Waals surface area contributed by atoms with Crippen LogP contribution in [0.4, 0.5) is 0 Å². The van der Waals surface area contributed by atoms with E-state index in [0.717, 1.165) is 30.4 Å². The summed E-state index contributed by atoms with van der Waals surface area (Å²) in [6.45, 7) is 0.978. The molecule has 2 aromatic rings. The third-order valence-electron chi connectivity index (χ3n) is 7.18. The first-order valence-corrected chi connectivity index (χ1v) is 12.9. The van der Waals surface area contributed by atoms with E-state index >= 15 is 0 Å². The molecule has 0 aliphatic heterocycles. The largest absolute Gasteiger partial charge is 0.262 e. The fourth-order valence-corrected chi connectivity index (χ4v) is 5.23. The quantitative estimate of drug-likeness (QED) is 0.217. The van der Waals surface area contributed by atoms with Crippen molar-refractivity contribution in [3.05, 3.63) is 86.5 Å². The first-order chi connectivity index (χ1) is 17.6. The number of hydrogen-bond donors (Lipinski definition) is 0. The van der Waals surface area contributed by atoms with Gasteiger partial charge in [0.05, 0.1) is 41.0 Å². The molecule has 0 aromatic heterocycles. The van der Waals surface area contributed by atoms with Gasteiger partial charge >= 0.3 is 0 Å². The minimum Gasteiger partial charge on any atom is -0.262 e. The summed E-state index contributed by atoms with van der Waals surface area (Å²) < 4.78 is 0. The van der Waals surface area contributed by atoms with E-state index in [-0.39, 0.29) is 18.6 Å². The molecule has 0 saturated heterocycles. The highest BCUT2D eigenvalue weighted by Crippen LogP contribution is 2.29. The Morgan fingerprint density at radius 2 is 1.36 bits per heavy atom. The van der Waals surface area contributed by atoms with Crippen molar-refractivity contribution in [2.45, 2.75) is 63.5 Å². The van der Waals surface area contributed by atoms with Gasteiger partial charge in [0.1, 0.15) is 0 Å². The zero-order valence-electron chi connectivity index (χ0n) is 21.2. The molecule has 1 aliphatic carbocycles. The van der Waals surface area contributed by atoms with E-state index in [2.05, 4.69) is 15.9 Å². The molecule has 9 nitrogen and oxygen atoms in total. The van der Waals surface area contributed by atoms with E-state index in [1.54, 1.807) is 7.05 Å². The molecule has 1 fully saturated rings. The van der Waals surface area contributed by atoms with Crippen molar-refractivity contribution in [3.8, 4) is 0 Å². The van der Waals surface area contributed by atoms with E-state index < -0.39 is 0 Å². The number of hydrogen-bond acceptors (Lipinski definition) is 6. The summed E-state index contributed by atoms with van der Waals surface area (Å²) in [4.78, 5) is 35.3. The number of likely N-dealkylation sites (N-methyl/N-ethyl adjacent to an activating group) is 1. The number of nitroso groups, excluding NO2 is 3. The maximum atomic E-state index is 12.2. The predicted octanol–water partition coefficient (Wildman–Crippen LogP) is 5.76. The molecule has 3 rings (SSSR count). The summed E-state index contributed by atoms with van der Waals surface area (Å²) in [6, 6.07) is 19.2. The SMILES string of the molecule is CN(C[C@H](CC1CCCCC1)N(C[C@H](Cc1ccccc1)N(CCc1ccccc1)N=O)N=O)N=O. The monoisotopic (exact) mass is 494 g/mol. The number of benzene rings is 2. The normalized spacial score (nSPS) is 15.5. The van der Waals surface area contributed by atoms with Crippen LogP contribution in [0, 0.1) is 20.6 Å². The molecule has 194 valence electrons. The van der Waals surface area contributed by atoms with E-state index in [0.29, 0.717) is 31.8 Å². The highest BCUT2D eigenvalue weighted by Gasteiger charge is 2.30. The molecule has 9 heteroatoms. The highest BCUT2D eigenvalue weighted by molar-refractivity contribution is 5.17. The predicted molar refractivity (Wildman–Crippen MR) is 142 cm³/mol. The maximum absolute atomic E-state index is 12.2. The molecule has 0 N–H and O–H groups in total. The molecular weight excluding hydrogens is 456 g/mol. The topological polar surface area (TPSA) is 98.0 Å². The molecule has 1 saturated carbocycles. The van der Waals surface area contributed by atoms with Crippen LogP contribution in [0.1, 0.15) is 49.7 Å². The summed E-state index contributed by atoms with van der Waals surface area (Å²) in [5.41, 5.74) is 2.17. The van der Waals surface area contributed by atoms with Gasteiger partial charge in [0.15, 0.2) is 0 Å². The fraction of sp³-hybridized carbons (Fsp3) is 0.556. The second kappa shape index (κ2) is 14.9. The Kier molecular flexibility index (Phi) is 11.3. The van der Waals surface area contributed by atoms with Gasteiger partial charge in [-0.1, -0.05) is 92.8 Å². The minimum atomic E-state index is -0.352. The van der Waals surface area contributed by atoms with Crippen molar-refractivity contribution in [1.29, 1.82) is 0 Å². The second-order valence-corrected chi connectivity index (χ2v) is 9.84. The molecule has 2 aromatic carbocycles. The average molecular weight is 495 g/mol. The van der Waals surface area contributed by atoms with E-state index in [1.807, 2.05) is 60.7 Å². The Balaban J connectivity index is 1.79. The second-order valence-electron chi connectivity index (χ2n) is 9.84. The van der Waals surface area contributed by atoms with Crippen LogP contribution in [0.2, 0.25) is 0 Å². The molecule has 36 heavy (non-hydrogen) atoms. The van der Waals surface area contributed by atoms with Crippen molar-refractivity contribution in [3.63, 3.8) is 0 Å². The lowest BCUT2D eigenvalue weighted by Gasteiger charge is -2.36. The Labute approximate surface area is 213 Å². The number of nitrogens with zero attached hydrogens (tertiary/aromatic N) is 6. The van der Waals surface area contributed by atoms with Gasteiger partial charge in [0.2, 0.25) is 0 Å². The van der Waals surface area contributed by atoms with Crippen molar-refractivity contribution in [2.24, 2.45) is 21.8 Å².